The quantitative estimate of drug-likeness (QED) is 0.847. The largest absolute Gasteiger partial charge is 0.481 e. The molecule has 27 heavy (non-hydrogen) atoms. The normalized spacial score (nSPS) is 16.0. The first-order valence-corrected chi connectivity index (χ1v) is 9.25. The van der Waals surface area contributed by atoms with Gasteiger partial charge in [0.15, 0.2) is 11.8 Å². The number of rotatable bonds is 5. The van der Waals surface area contributed by atoms with E-state index in [-0.39, 0.29) is 23.6 Å². The van der Waals surface area contributed by atoms with Gasteiger partial charge in [-0.25, -0.2) is 0 Å². The molecular formula is C19H22ClN3O4. The molecule has 1 saturated heterocycles. The molecule has 1 aliphatic rings. The van der Waals surface area contributed by atoms with Crippen LogP contribution in [0.5, 0.6) is 5.75 Å². The predicted octanol–water partition coefficient (Wildman–Crippen LogP) is 2.82. The number of aromatic nitrogens is 1. The Labute approximate surface area is 162 Å². The van der Waals surface area contributed by atoms with Gasteiger partial charge >= 0.3 is 0 Å². The van der Waals surface area contributed by atoms with Crippen LogP contribution in [-0.4, -0.2) is 47.1 Å². The molecule has 8 heteroatoms. The lowest BCUT2D eigenvalue weighted by atomic mass is 10.0. The maximum absolute atomic E-state index is 12.6. The van der Waals surface area contributed by atoms with E-state index in [0.29, 0.717) is 42.5 Å². The van der Waals surface area contributed by atoms with Crippen molar-refractivity contribution in [2.45, 2.75) is 38.8 Å². The van der Waals surface area contributed by atoms with Crippen LogP contribution >= 0.6 is 11.6 Å². The summed E-state index contributed by atoms with van der Waals surface area (Å²) in [4.78, 5) is 26.5. The van der Waals surface area contributed by atoms with E-state index in [0.717, 1.165) is 0 Å². The van der Waals surface area contributed by atoms with E-state index in [2.05, 4.69) is 10.5 Å². The molecule has 1 N–H and O–H groups in total. The number of ether oxygens (including phenoxy) is 1. The van der Waals surface area contributed by atoms with Gasteiger partial charge in [-0.15, -0.1) is 0 Å². The van der Waals surface area contributed by atoms with Crippen molar-refractivity contribution in [1.82, 2.24) is 15.4 Å². The molecule has 1 aromatic carbocycles. The van der Waals surface area contributed by atoms with Gasteiger partial charge in [-0.3, -0.25) is 9.59 Å². The molecule has 0 radical (unpaired) electrons. The molecule has 2 heterocycles. The number of likely N-dealkylation sites (tertiary alicyclic amines) is 1. The van der Waals surface area contributed by atoms with Gasteiger partial charge < -0.3 is 19.5 Å². The topological polar surface area (TPSA) is 84.7 Å². The van der Waals surface area contributed by atoms with Gasteiger partial charge in [-0.1, -0.05) is 16.8 Å². The van der Waals surface area contributed by atoms with Crippen LogP contribution < -0.4 is 10.1 Å². The Kier molecular flexibility index (Phi) is 6.01. The van der Waals surface area contributed by atoms with Crippen LogP contribution in [0.4, 0.5) is 0 Å². The minimum absolute atomic E-state index is 0.00560. The molecule has 1 atom stereocenters. The molecule has 1 unspecified atom stereocenters. The third-order valence-electron chi connectivity index (χ3n) is 4.48. The van der Waals surface area contributed by atoms with E-state index in [1.807, 2.05) is 0 Å². The molecule has 0 saturated carbocycles. The summed E-state index contributed by atoms with van der Waals surface area (Å²) in [6.45, 7) is 4.60. The van der Waals surface area contributed by atoms with Crippen LogP contribution in [0.25, 0.3) is 0 Å². The predicted molar refractivity (Wildman–Crippen MR) is 99.9 cm³/mol. The summed E-state index contributed by atoms with van der Waals surface area (Å²) < 4.78 is 10.6. The number of nitrogens with one attached hydrogen (secondary N) is 1. The highest BCUT2D eigenvalue weighted by atomic mass is 35.5. The third kappa shape index (κ3) is 5.01. The second-order valence-corrected chi connectivity index (χ2v) is 7.05. The average molecular weight is 392 g/mol. The monoisotopic (exact) mass is 391 g/mol. The number of amides is 2. The van der Waals surface area contributed by atoms with Gasteiger partial charge in [0.1, 0.15) is 11.5 Å². The first-order valence-electron chi connectivity index (χ1n) is 8.87. The van der Waals surface area contributed by atoms with Gasteiger partial charge in [-0.05, 0) is 51.0 Å². The summed E-state index contributed by atoms with van der Waals surface area (Å²) in [6, 6.07) is 8.52. The zero-order valence-electron chi connectivity index (χ0n) is 15.3. The van der Waals surface area contributed by atoms with Gasteiger partial charge in [0, 0.05) is 30.2 Å². The van der Waals surface area contributed by atoms with E-state index < -0.39 is 6.10 Å². The highest BCUT2D eigenvalue weighted by Crippen LogP contribution is 2.19. The molecule has 2 amide bonds. The molecule has 0 spiro atoms. The van der Waals surface area contributed by atoms with Gasteiger partial charge in [0.25, 0.3) is 11.8 Å². The number of hydrogen-bond acceptors (Lipinski definition) is 5. The van der Waals surface area contributed by atoms with E-state index in [9.17, 15) is 9.59 Å². The fourth-order valence-electron chi connectivity index (χ4n) is 3.00. The minimum Gasteiger partial charge on any atom is -0.481 e. The summed E-state index contributed by atoms with van der Waals surface area (Å²) in [6.07, 6.45) is 0.777. The van der Waals surface area contributed by atoms with E-state index >= 15 is 0 Å². The van der Waals surface area contributed by atoms with Crippen LogP contribution in [0.3, 0.4) is 0 Å². The Morgan fingerprint density at radius 1 is 1.30 bits per heavy atom. The minimum atomic E-state index is -0.588. The molecule has 0 aliphatic carbocycles. The van der Waals surface area contributed by atoms with Crippen LogP contribution in [0.15, 0.2) is 34.9 Å². The second kappa shape index (κ2) is 8.43. The fraction of sp³-hybridized carbons (Fsp3) is 0.421. The zero-order chi connectivity index (χ0) is 19.4. The molecule has 0 bridgehead atoms. The molecule has 3 rings (SSSR count). The Hall–Kier alpha value is -2.54. The van der Waals surface area contributed by atoms with Gasteiger partial charge in [0.2, 0.25) is 0 Å². The number of piperidine rings is 1. The van der Waals surface area contributed by atoms with E-state index in [1.54, 1.807) is 49.1 Å². The molecule has 2 aromatic rings. The SMILES string of the molecule is Cc1cc(C(=O)NC2CCN(C(=O)C(C)Oc3ccc(Cl)cc3)CC2)no1. The van der Waals surface area contributed by atoms with Crippen molar-refractivity contribution in [3.63, 3.8) is 0 Å². The number of hydrogen-bond donors (Lipinski definition) is 1. The number of nitrogens with zero attached hydrogens (tertiary/aromatic N) is 2. The standard InChI is InChI=1S/C19H22ClN3O4/c1-12-11-17(22-27-12)18(24)21-15-7-9-23(10-8-15)19(25)13(2)26-16-5-3-14(20)4-6-16/h3-6,11,13,15H,7-10H2,1-2H3,(H,21,24). The number of carbonyl (C=O) groups excluding carboxylic acids is 2. The third-order valence-corrected chi connectivity index (χ3v) is 4.73. The van der Waals surface area contributed by atoms with Crippen molar-refractivity contribution in [3.05, 3.63) is 46.8 Å². The Morgan fingerprint density at radius 2 is 1.96 bits per heavy atom. The van der Waals surface area contributed by atoms with E-state index in [4.69, 9.17) is 20.9 Å². The highest BCUT2D eigenvalue weighted by molar-refractivity contribution is 6.30. The molecule has 7 nitrogen and oxygen atoms in total. The number of aryl methyl sites for hydroxylation is 1. The van der Waals surface area contributed by atoms with Gasteiger partial charge in [-0.2, -0.15) is 0 Å². The second-order valence-electron chi connectivity index (χ2n) is 6.61. The van der Waals surface area contributed by atoms with Crippen molar-refractivity contribution in [1.29, 1.82) is 0 Å². The van der Waals surface area contributed by atoms with Crippen LogP contribution in [0.2, 0.25) is 5.02 Å². The van der Waals surface area contributed by atoms with Crippen molar-refractivity contribution in [3.8, 4) is 5.75 Å². The Bertz CT molecular complexity index is 798. The van der Waals surface area contributed by atoms with E-state index in [1.165, 1.54) is 0 Å². The van der Waals surface area contributed by atoms with Crippen molar-refractivity contribution in [2.24, 2.45) is 0 Å². The fourth-order valence-corrected chi connectivity index (χ4v) is 3.13. The molecule has 1 fully saturated rings. The lowest BCUT2D eigenvalue weighted by molar-refractivity contribution is -0.139. The molecular weight excluding hydrogens is 370 g/mol. The van der Waals surface area contributed by atoms with Gasteiger partial charge in [0.05, 0.1) is 0 Å². The first-order chi connectivity index (χ1) is 12.9. The maximum atomic E-state index is 12.6. The van der Waals surface area contributed by atoms with Crippen molar-refractivity contribution in [2.75, 3.05) is 13.1 Å². The lowest BCUT2D eigenvalue weighted by Crippen LogP contribution is -2.49. The summed E-state index contributed by atoms with van der Waals surface area (Å²) in [5, 5.41) is 7.27. The van der Waals surface area contributed by atoms with Crippen LogP contribution in [0.1, 0.15) is 36.0 Å². The number of carbonyl (C=O) groups is 2. The average Bonchev–Trinajstić information content (AvgIpc) is 3.10. The summed E-state index contributed by atoms with van der Waals surface area (Å²) >= 11 is 5.85. The summed E-state index contributed by atoms with van der Waals surface area (Å²) in [7, 11) is 0. The van der Waals surface area contributed by atoms with Crippen LogP contribution in [0, 0.1) is 6.92 Å². The number of benzene rings is 1. The zero-order valence-corrected chi connectivity index (χ0v) is 16.0. The number of halogens is 1. The summed E-state index contributed by atoms with van der Waals surface area (Å²) in [5.74, 6) is 0.874. The van der Waals surface area contributed by atoms with Crippen molar-refractivity contribution < 1.29 is 18.8 Å². The lowest BCUT2D eigenvalue weighted by Gasteiger charge is -2.33. The Balaban J connectivity index is 1.47. The smallest absolute Gasteiger partial charge is 0.273 e. The molecule has 1 aromatic heterocycles. The highest BCUT2D eigenvalue weighted by Gasteiger charge is 2.28. The summed E-state index contributed by atoms with van der Waals surface area (Å²) in [5.41, 5.74) is 0.274. The molecule has 1 aliphatic heterocycles. The first kappa shape index (κ1) is 19.2. The maximum Gasteiger partial charge on any atom is 0.273 e. The molecule has 144 valence electrons. The van der Waals surface area contributed by atoms with Crippen LogP contribution in [-0.2, 0) is 4.79 Å². The Morgan fingerprint density at radius 3 is 2.56 bits per heavy atom. The van der Waals surface area contributed by atoms with Crippen molar-refractivity contribution >= 4 is 23.4 Å².